The summed E-state index contributed by atoms with van der Waals surface area (Å²) in [6.45, 7) is 1.72. The Balaban J connectivity index is 2.31. The minimum Gasteiger partial charge on any atom is -0.312 e. The maximum Gasteiger partial charge on any atom is 0.258 e. The van der Waals surface area contributed by atoms with Gasteiger partial charge < -0.3 is 5.32 Å². The van der Waals surface area contributed by atoms with Crippen molar-refractivity contribution in [1.29, 1.82) is 0 Å². The topological polar surface area (TPSA) is 76.1 Å². The summed E-state index contributed by atoms with van der Waals surface area (Å²) in [4.78, 5) is 16.2. The molecule has 0 aliphatic carbocycles. The number of pyridine rings is 1. The van der Waals surface area contributed by atoms with E-state index >= 15 is 0 Å². The van der Waals surface area contributed by atoms with Gasteiger partial charge in [0.25, 0.3) is 5.91 Å². The largest absolute Gasteiger partial charge is 0.312 e. The number of nitrogens with zero attached hydrogens (tertiary/aromatic N) is 1. The molecule has 0 spiro atoms. The summed E-state index contributed by atoms with van der Waals surface area (Å²) in [7, 11) is -3.35. The third-order valence-corrected chi connectivity index (χ3v) is 4.61. The van der Waals surface area contributed by atoms with E-state index in [0.717, 1.165) is 6.26 Å². The van der Waals surface area contributed by atoms with Crippen molar-refractivity contribution in [3.63, 3.8) is 0 Å². The van der Waals surface area contributed by atoms with Gasteiger partial charge in [-0.25, -0.2) is 8.42 Å². The maximum atomic E-state index is 12.1. The standard InChI is InChI=1S/C12H12N2O3S2/c1-8-9(4-3-6-13-8)11(15)14-12-10(5-7-18-12)19(2,16)17/h3-7H,1-2H3,(H,14,15). The van der Waals surface area contributed by atoms with Crippen LogP contribution in [0.3, 0.4) is 0 Å². The van der Waals surface area contributed by atoms with E-state index in [9.17, 15) is 13.2 Å². The molecule has 0 aliphatic heterocycles. The van der Waals surface area contributed by atoms with E-state index in [1.165, 1.54) is 17.4 Å². The second-order valence-electron chi connectivity index (χ2n) is 3.98. The van der Waals surface area contributed by atoms with Gasteiger partial charge in [-0.05, 0) is 30.5 Å². The first-order valence-corrected chi connectivity index (χ1v) is 8.17. The molecule has 0 unspecified atom stereocenters. The molecule has 2 rings (SSSR count). The average Bonchev–Trinajstić information content (AvgIpc) is 2.77. The number of aryl methyl sites for hydroxylation is 1. The van der Waals surface area contributed by atoms with Gasteiger partial charge in [0.05, 0.1) is 5.56 Å². The second kappa shape index (κ2) is 5.10. The van der Waals surface area contributed by atoms with Crippen LogP contribution in [0.4, 0.5) is 5.00 Å². The number of carbonyl (C=O) groups excluding carboxylic acids is 1. The summed E-state index contributed by atoms with van der Waals surface area (Å²) in [5.74, 6) is -0.363. The summed E-state index contributed by atoms with van der Waals surface area (Å²) in [6.07, 6.45) is 2.71. The van der Waals surface area contributed by atoms with Gasteiger partial charge in [0, 0.05) is 18.1 Å². The summed E-state index contributed by atoms with van der Waals surface area (Å²) in [5.41, 5.74) is 1.02. The van der Waals surface area contributed by atoms with Crippen LogP contribution in [0, 0.1) is 6.92 Å². The molecule has 0 saturated heterocycles. The molecule has 0 saturated carbocycles. The van der Waals surface area contributed by atoms with Crippen LogP contribution < -0.4 is 5.32 Å². The van der Waals surface area contributed by atoms with Crippen LogP contribution in [0.15, 0.2) is 34.7 Å². The van der Waals surface area contributed by atoms with E-state index in [-0.39, 0.29) is 10.8 Å². The van der Waals surface area contributed by atoms with Crippen molar-refractivity contribution in [2.45, 2.75) is 11.8 Å². The first-order valence-electron chi connectivity index (χ1n) is 5.40. The van der Waals surface area contributed by atoms with Gasteiger partial charge in [0.15, 0.2) is 9.84 Å². The lowest BCUT2D eigenvalue weighted by Gasteiger charge is -2.06. The first-order chi connectivity index (χ1) is 8.89. The van der Waals surface area contributed by atoms with E-state index in [0.29, 0.717) is 16.3 Å². The number of hydrogen-bond acceptors (Lipinski definition) is 5. The molecule has 0 bridgehead atoms. The number of amides is 1. The Kier molecular flexibility index (Phi) is 3.68. The van der Waals surface area contributed by atoms with Gasteiger partial charge >= 0.3 is 0 Å². The van der Waals surface area contributed by atoms with E-state index < -0.39 is 9.84 Å². The van der Waals surface area contributed by atoms with Crippen LogP contribution in [-0.2, 0) is 9.84 Å². The van der Waals surface area contributed by atoms with Crippen LogP contribution in [0.2, 0.25) is 0 Å². The molecule has 0 atom stereocenters. The van der Waals surface area contributed by atoms with Crippen LogP contribution in [-0.4, -0.2) is 25.6 Å². The van der Waals surface area contributed by atoms with E-state index in [1.54, 1.807) is 30.6 Å². The molecule has 2 aromatic rings. The third kappa shape index (κ3) is 2.99. The van der Waals surface area contributed by atoms with Gasteiger partial charge in [-0.3, -0.25) is 9.78 Å². The van der Waals surface area contributed by atoms with Crippen molar-refractivity contribution in [3.8, 4) is 0 Å². The average molecular weight is 296 g/mol. The van der Waals surface area contributed by atoms with Crippen molar-refractivity contribution in [1.82, 2.24) is 4.98 Å². The highest BCUT2D eigenvalue weighted by molar-refractivity contribution is 7.91. The predicted molar refractivity (Wildman–Crippen MR) is 74.4 cm³/mol. The molecule has 0 aromatic carbocycles. The molecular formula is C12H12N2O3S2. The highest BCUT2D eigenvalue weighted by Crippen LogP contribution is 2.28. The molecule has 100 valence electrons. The fourth-order valence-electron chi connectivity index (χ4n) is 1.58. The number of thiophene rings is 1. The SMILES string of the molecule is Cc1ncccc1C(=O)Nc1sccc1S(C)(=O)=O. The zero-order chi connectivity index (χ0) is 14.0. The molecule has 7 heteroatoms. The quantitative estimate of drug-likeness (QED) is 0.941. The number of hydrogen-bond donors (Lipinski definition) is 1. The van der Waals surface area contributed by atoms with Crippen molar-refractivity contribution in [3.05, 3.63) is 41.0 Å². The Morgan fingerprint density at radius 1 is 1.37 bits per heavy atom. The molecule has 0 aliphatic rings. The van der Waals surface area contributed by atoms with Crippen molar-refractivity contribution >= 4 is 32.1 Å². The minimum absolute atomic E-state index is 0.132. The minimum atomic E-state index is -3.35. The number of aromatic nitrogens is 1. The lowest BCUT2D eigenvalue weighted by atomic mass is 10.2. The zero-order valence-corrected chi connectivity index (χ0v) is 12.0. The molecule has 0 fully saturated rings. The lowest BCUT2D eigenvalue weighted by molar-refractivity contribution is 0.102. The third-order valence-electron chi connectivity index (χ3n) is 2.51. The first kappa shape index (κ1) is 13.7. The molecule has 19 heavy (non-hydrogen) atoms. The summed E-state index contributed by atoms with van der Waals surface area (Å²) < 4.78 is 23.1. The fourth-order valence-corrected chi connectivity index (χ4v) is 3.64. The number of anilines is 1. The fraction of sp³-hybridized carbons (Fsp3) is 0.167. The molecular weight excluding hydrogens is 284 g/mol. The maximum absolute atomic E-state index is 12.1. The number of nitrogens with one attached hydrogen (secondary N) is 1. The van der Waals surface area contributed by atoms with Crippen LogP contribution >= 0.6 is 11.3 Å². The Labute approximate surface area is 115 Å². The lowest BCUT2D eigenvalue weighted by Crippen LogP contribution is -2.14. The van der Waals surface area contributed by atoms with E-state index in [2.05, 4.69) is 10.3 Å². The number of carbonyl (C=O) groups is 1. The van der Waals surface area contributed by atoms with Crippen LogP contribution in [0.1, 0.15) is 16.1 Å². The van der Waals surface area contributed by atoms with Crippen molar-refractivity contribution < 1.29 is 13.2 Å². The van der Waals surface area contributed by atoms with Gasteiger partial charge in [0.2, 0.25) is 0 Å². The normalized spacial score (nSPS) is 11.3. The Bertz CT molecular complexity index is 720. The highest BCUT2D eigenvalue weighted by atomic mass is 32.2. The Hall–Kier alpha value is -1.73. The van der Waals surface area contributed by atoms with Gasteiger partial charge in [-0.2, -0.15) is 0 Å². The molecule has 0 radical (unpaired) electrons. The van der Waals surface area contributed by atoms with Crippen molar-refractivity contribution in [2.24, 2.45) is 0 Å². The second-order valence-corrected chi connectivity index (χ2v) is 6.88. The molecule has 1 amide bonds. The van der Waals surface area contributed by atoms with Gasteiger partial charge in [0.1, 0.15) is 9.90 Å². The monoisotopic (exact) mass is 296 g/mol. The molecule has 2 heterocycles. The summed E-state index contributed by atoms with van der Waals surface area (Å²) in [6, 6.07) is 4.78. The summed E-state index contributed by atoms with van der Waals surface area (Å²) >= 11 is 1.17. The zero-order valence-electron chi connectivity index (χ0n) is 10.4. The van der Waals surface area contributed by atoms with E-state index in [4.69, 9.17) is 0 Å². The Morgan fingerprint density at radius 2 is 2.11 bits per heavy atom. The molecule has 2 aromatic heterocycles. The number of rotatable bonds is 3. The summed E-state index contributed by atoms with van der Waals surface area (Å²) in [5, 5.41) is 4.57. The Morgan fingerprint density at radius 3 is 2.74 bits per heavy atom. The molecule has 5 nitrogen and oxygen atoms in total. The van der Waals surface area contributed by atoms with Crippen LogP contribution in [0.25, 0.3) is 0 Å². The van der Waals surface area contributed by atoms with Gasteiger partial charge in [-0.15, -0.1) is 11.3 Å². The smallest absolute Gasteiger partial charge is 0.258 e. The van der Waals surface area contributed by atoms with Gasteiger partial charge in [-0.1, -0.05) is 0 Å². The van der Waals surface area contributed by atoms with Crippen LogP contribution in [0.5, 0.6) is 0 Å². The van der Waals surface area contributed by atoms with Crippen molar-refractivity contribution in [2.75, 3.05) is 11.6 Å². The predicted octanol–water partition coefficient (Wildman–Crippen LogP) is 2.11. The molecule has 1 N–H and O–H groups in total. The highest BCUT2D eigenvalue weighted by Gasteiger charge is 2.18. The van der Waals surface area contributed by atoms with E-state index in [1.807, 2.05) is 0 Å². The number of sulfone groups is 1.